The first-order chi connectivity index (χ1) is 6.48. The van der Waals surface area contributed by atoms with Crippen molar-refractivity contribution in [2.24, 2.45) is 5.41 Å². The van der Waals surface area contributed by atoms with Gasteiger partial charge < -0.3 is 10.2 Å². The van der Waals surface area contributed by atoms with Crippen molar-refractivity contribution < 1.29 is 15.0 Å². The van der Waals surface area contributed by atoms with E-state index >= 15 is 0 Å². The van der Waals surface area contributed by atoms with Crippen molar-refractivity contribution >= 4 is 18.4 Å². The number of hydrogen-bond acceptors (Lipinski definition) is 3. The lowest BCUT2D eigenvalue weighted by Gasteiger charge is -2.45. The Bertz CT molecular complexity index is 273. The number of nitrogens with zero attached hydrogens (tertiary/aromatic N) is 1. The first kappa shape index (κ1) is 12.7. The minimum absolute atomic E-state index is 0. The molecule has 2 aliphatic rings. The second kappa shape index (κ2) is 3.92. The molecule has 0 aromatic rings. The minimum atomic E-state index is -0.984. The minimum Gasteiger partial charge on any atom is -0.481 e. The molecule has 2 fully saturated rings. The molecule has 0 spiro atoms. The zero-order chi connectivity index (χ0) is 10.5. The van der Waals surface area contributed by atoms with E-state index in [1.807, 2.05) is 7.05 Å². The first-order valence-electron chi connectivity index (χ1n) is 5.11. The molecule has 0 unspecified atom stereocenters. The number of rotatable bonds is 1. The van der Waals surface area contributed by atoms with Crippen molar-refractivity contribution in [3.05, 3.63) is 0 Å². The van der Waals surface area contributed by atoms with Gasteiger partial charge in [-0.1, -0.05) is 0 Å². The number of carboxylic acid groups (broad SMARTS) is 1. The van der Waals surface area contributed by atoms with Gasteiger partial charge in [-0.3, -0.25) is 9.69 Å². The molecule has 0 amide bonds. The fourth-order valence-electron chi connectivity index (χ4n) is 3.03. The Labute approximate surface area is 95.7 Å². The molecule has 0 radical (unpaired) electrons. The van der Waals surface area contributed by atoms with Crippen LogP contribution in [0.4, 0.5) is 0 Å². The molecule has 0 aliphatic carbocycles. The number of fused-ring (bicyclic) bond motifs is 2. The molecule has 2 saturated heterocycles. The van der Waals surface area contributed by atoms with E-state index in [1.54, 1.807) is 6.92 Å². The van der Waals surface area contributed by atoms with Crippen LogP contribution in [0.3, 0.4) is 0 Å². The summed E-state index contributed by atoms with van der Waals surface area (Å²) in [4.78, 5) is 13.4. The summed E-state index contributed by atoms with van der Waals surface area (Å²) in [6, 6.07) is 0.371. The summed E-state index contributed by atoms with van der Waals surface area (Å²) >= 11 is 0. The molecule has 2 rings (SSSR count). The first-order valence-corrected chi connectivity index (χ1v) is 5.11. The third-order valence-electron chi connectivity index (χ3n) is 4.18. The normalized spacial score (nSPS) is 44.9. The summed E-state index contributed by atoms with van der Waals surface area (Å²) in [5.74, 6) is -0.873. The van der Waals surface area contributed by atoms with Crippen LogP contribution in [-0.4, -0.2) is 46.3 Å². The van der Waals surface area contributed by atoms with Gasteiger partial charge >= 0.3 is 5.97 Å². The van der Waals surface area contributed by atoms with Crippen molar-refractivity contribution in [3.8, 4) is 0 Å². The Kier molecular flexibility index (Phi) is 3.33. The van der Waals surface area contributed by atoms with Gasteiger partial charge in [-0.15, -0.1) is 12.4 Å². The van der Waals surface area contributed by atoms with Crippen LogP contribution in [0, 0.1) is 5.41 Å². The lowest BCUT2D eigenvalue weighted by Crippen LogP contribution is -2.59. The molecule has 4 atom stereocenters. The topological polar surface area (TPSA) is 60.8 Å². The predicted molar refractivity (Wildman–Crippen MR) is 58.2 cm³/mol. The maximum absolute atomic E-state index is 11.2. The third kappa shape index (κ3) is 1.55. The predicted octanol–water partition coefficient (Wildman–Crippen LogP) is 0.726. The molecule has 4 nitrogen and oxygen atoms in total. The van der Waals surface area contributed by atoms with Gasteiger partial charge in [0.1, 0.15) is 5.41 Å². The van der Waals surface area contributed by atoms with Gasteiger partial charge in [0, 0.05) is 12.1 Å². The number of aliphatic hydroxyl groups excluding tert-OH is 1. The number of carboxylic acids is 1. The molecule has 2 heterocycles. The average Bonchev–Trinajstić information content (AvgIpc) is 2.39. The van der Waals surface area contributed by atoms with Crippen LogP contribution in [0.1, 0.15) is 26.2 Å². The maximum Gasteiger partial charge on any atom is 0.313 e. The second-order valence-corrected chi connectivity index (χ2v) is 4.75. The zero-order valence-corrected chi connectivity index (χ0v) is 9.83. The van der Waals surface area contributed by atoms with E-state index in [9.17, 15) is 15.0 Å². The number of hydrogen-bond donors (Lipinski definition) is 2. The molecular weight excluding hydrogens is 218 g/mol. The highest BCUT2D eigenvalue weighted by atomic mass is 35.5. The molecule has 88 valence electrons. The standard InChI is InChI=1S/C10H17NO3.ClH/c1-10(9(13)14)7-4-3-6(11(7)2)5-8(10)12;/h6-8,12H,3-5H2,1-2H3,(H,13,14);1H/t6-,7+,8-,10+;/m0./s1. The highest BCUT2D eigenvalue weighted by molar-refractivity contribution is 5.85. The van der Waals surface area contributed by atoms with E-state index in [0.29, 0.717) is 12.5 Å². The quantitative estimate of drug-likeness (QED) is 0.704. The number of aliphatic carboxylic acids is 1. The molecule has 0 saturated carbocycles. The maximum atomic E-state index is 11.2. The molecule has 2 N–H and O–H groups in total. The van der Waals surface area contributed by atoms with E-state index in [-0.39, 0.29) is 18.4 Å². The third-order valence-corrected chi connectivity index (χ3v) is 4.18. The SMILES string of the molecule is CN1[C@H]2CC[C@@H]1[C@@](C)(C(=O)O)[C@@H](O)C2.Cl. The molecule has 2 bridgehead atoms. The van der Waals surface area contributed by atoms with Crippen LogP contribution in [0.2, 0.25) is 0 Å². The summed E-state index contributed by atoms with van der Waals surface area (Å²) < 4.78 is 0. The summed E-state index contributed by atoms with van der Waals surface area (Å²) in [6.07, 6.45) is 1.80. The Morgan fingerprint density at radius 3 is 2.60 bits per heavy atom. The Hall–Kier alpha value is -0.320. The summed E-state index contributed by atoms with van der Waals surface area (Å²) in [5.41, 5.74) is -0.984. The van der Waals surface area contributed by atoms with Gasteiger partial charge in [0.25, 0.3) is 0 Å². The summed E-state index contributed by atoms with van der Waals surface area (Å²) in [7, 11) is 1.97. The van der Waals surface area contributed by atoms with Crippen molar-refractivity contribution in [2.45, 2.75) is 44.4 Å². The van der Waals surface area contributed by atoms with E-state index in [4.69, 9.17) is 0 Å². The average molecular weight is 236 g/mol. The zero-order valence-electron chi connectivity index (χ0n) is 9.01. The van der Waals surface area contributed by atoms with Crippen molar-refractivity contribution in [3.63, 3.8) is 0 Å². The number of piperidine rings is 1. The molecule has 0 aromatic heterocycles. The lowest BCUT2D eigenvalue weighted by molar-refractivity contribution is -0.166. The number of carbonyl (C=O) groups is 1. The van der Waals surface area contributed by atoms with Gasteiger partial charge in [0.2, 0.25) is 0 Å². The van der Waals surface area contributed by atoms with Gasteiger partial charge in [-0.2, -0.15) is 0 Å². The highest BCUT2D eigenvalue weighted by Gasteiger charge is 2.56. The van der Waals surface area contributed by atoms with Gasteiger partial charge in [-0.05, 0) is 33.2 Å². The van der Waals surface area contributed by atoms with Crippen molar-refractivity contribution in [2.75, 3.05) is 7.05 Å². The molecule has 0 aromatic carbocycles. The van der Waals surface area contributed by atoms with Crippen LogP contribution in [0.25, 0.3) is 0 Å². The molecule has 15 heavy (non-hydrogen) atoms. The van der Waals surface area contributed by atoms with E-state index < -0.39 is 17.5 Å². The molecular formula is C10H18ClNO3. The van der Waals surface area contributed by atoms with E-state index in [1.165, 1.54) is 0 Å². The van der Waals surface area contributed by atoms with E-state index in [0.717, 1.165) is 12.8 Å². The van der Waals surface area contributed by atoms with Crippen LogP contribution >= 0.6 is 12.4 Å². The van der Waals surface area contributed by atoms with Gasteiger partial charge in [0.15, 0.2) is 0 Å². The molecule has 5 heteroatoms. The van der Waals surface area contributed by atoms with Crippen molar-refractivity contribution in [1.29, 1.82) is 0 Å². The van der Waals surface area contributed by atoms with Crippen LogP contribution in [0.15, 0.2) is 0 Å². The lowest BCUT2D eigenvalue weighted by atomic mass is 9.73. The van der Waals surface area contributed by atoms with Crippen LogP contribution < -0.4 is 0 Å². The van der Waals surface area contributed by atoms with Gasteiger partial charge in [-0.25, -0.2) is 0 Å². The number of halogens is 1. The Morgan fingerprint density at radius 2 is 2.07 bits per heavy atom. The number of aliphatic hydroxyl groups is 1. The van der Waals surface area contributed by atoms with E-state index in [2.05, 4.69) is 4.90 Å². The van der Waals surface area contributed by atoms with Crippen LogP contribution in [-0.2, 0) is 4.79 Å². The Balaban J connectivity index is 0.00000112. The fraction of sp³-hybridized carbons (Fsp3) is 0.900. The second-order valence-electron chi connectivity index (χ2n) is 4.75. The van der Waals surface area contributed by atoms with Gasteiger partial charge in [0.05, 0.1) is 6.10 Å². The monoisotopic (exact) mass is 235 g/mol. The van der Waals surface area contributed by atoms with Crippen molar-refractivity contribution in [1.82, 2.24) is 4.90 Å². The summed E-state index contributed by atoms with van der Waals surface area (Å²) in [5, 5.41) is 19.1. The highest BCUT2D eigenvalue weighted by Crippen LogP contribution is 2.45. The Morgan fingerprint density at radius 1 is 1.47 bits per heavy atom. The summed E-state index contributed by atoms with van der Waals surface area (Å²) in [6.45, 7) is 1.67. The van der Waals surface area contributed by atoms with Crippen LogP contribution in [0.5, 0.6) is 0 Å². The molecule has 2 aliphatic heterocycles. The smallest absolute Gasteiger partial charge is 0.313 e. The largest absolute Gasteiger partial charge is 0.481 e. The fourth-order valence-corrected chi connectivity index (χ4v) is 3.03.